The molecule has 0 aliphatic heterocycles. The van der Waals surface area contributed by atoms with E-state index in [0.717, 1.165) is 28.0 Å². The summed E-state index contributed by atoms with van der Waals surface area (Å²) in [5.74, 6) is 1.82. The highest BCUT2D eigenvalue weighted by molar-refractivity contribution is 6.30. The fourth-order valence-corrected chi connectivity index (χ4v) is 3.83. The van der Waals surface area contributed by atoms with Gasteiger partial charge < -0.3 is 19.9 Å². The number of hydrogen-bond acceptors (Lipinski definition) is 7. The zero-order chi connectivity index (χ0) is 23.7. The van der Waals surface area contributed by atoms with Gasteiger partial charge in [-0.15, -0.1) is 0 Å². The number of aromatic nitrogens is 6. The number of rotatable bonds is 7. The van der Waals surface area contributed by atoms with E-state index < -0.39 is 0 Å². The van der Waals surface area contributed by atoms with Crippen LogP contribution in [0.2, 0.25) is 5.02 Å². The molecule has 0 aliphatic carbocycles. The van der Waals surface area contributed by atoms with Gasteiger partial charge in [0.25, 0.3) is 0 Å². The third-order valence-electron chi connectivity index (χ3n) is 5.35. The number of imidazole rings is 1. The molecule has 5 aromatic rings. The first-order valence-electron chi connectivity index (χ1n) is 10.7. The number of ether oxygens (including phenoxy) is 1. The van der Waals surface area contributed by atoms with Crippen LogP contribution in [0.1, 0.15) is 11.3 Å². The molecule has 0 saturated heterocycles. The van der Waals surface area contributed by atoms with Gasteiger partial charge in [-0.2, -0.15) is 15.1 Å². The van der Waals surface area contributed by atoms with Gasteiger partial charge in [0.2, 0.25) is 5.95 Å². The van der Waals surface area contributed by atoms with Crippen LogP contribution in [0.15, 0.2) is 61.2 Å². The first-order valence-corrected chi connectivity index (χ1v) is 11.0. The number of aryl methyl sites for hydroxylation is 1. The minimum atomic E-state index is 0.432. The maximum atomic E-state index is 5.99. The standard InChI is InChI=1S/C24H23ClN8O/c1-15-11-32(14-27-15)20-9-8-18(10-21(20)34-3)28-24-29-22(26-2)19-13-33(31-23(19)30-24)12-16-4-6-17(25)7-5-16/h4-11,13-14H,12H2,1-3H3,(H2,26,28,29,30,31). The molecule has 2 aromatic carbocycles. The van der Waals surface area contributed by atoms with Gasteiger partial charge >= 0.3 is 0 Å². The van der Waals surface area contributed by atoms with Crippen LogP contribution in [0, 0.1) is 6.92 Å². The van der Waals surface area contributed by atoms with Gasteiger partial charge in [0.05, 0.1) is 36.7 Å². The highest BCUT2D eigenvalue weighted by Gasteiger charge is 2.13. The van der Waals surface area contributed by atoms with Crippen LogP contribution < -0.4 is 15.4 Å². The largest absolute Gasteiger partial charge is 0.494 e. The number of nitrogens with one attached hydrogen (secondary N) is 2. The quantitative estimate of drug-likeness (QED) is 0.349. The van der Waals surface area contributed by atoms with Crippen molar-refractivity contribution in [1.82, 2.24) is 29.3 Å². The number of hydrogen-bond donors (Lipinski definition) is 2. The number of anilines is 3. The topological polar surface area (TPSA) is 94.7 Å². The van der Waals surface area contributed by atoms with Crippen LogP contribution in [0.25, 0.3) is 16.7 Å². The summed E-state index contributed by atoms with van der Waals surface area (Å²) in [7, 11) is 3.47. The molecule has 10 heteroatoms. The van der Waals surface area contributed by atoms with Gasteiger partial charge in [-0.05, 0) is 36.8 Å². The highest BCUT2D eigenvalue weighted by Crippen LogP contribution is 2.29. The normalized spacial score (nSPS) is 11.1. The molecule has 3 aromatic heterocycles. The van der Waals surface area contributed by atoms with E-state index in [2.05, 4.69) is 30.7 Å². The Kier molecular flexibility index (Phi) is 5.77. The lowest BCUT2D eigenvalue weighted by Crippen LogP contribution is -2.03. The molecule has 0 amide bonds. The predicted octanol–water partition coefficient (Wildman–Crippen LogP) is 4.82. The lowest BCUT2D eigenvalue weighted by atomic mass is 10.2. The minimum absolute atomic E-state index is 0.432. The van der Waals surface area contributed by atoms with Crippen LogP contribution >= 0.6 is 11.6 Å². The van der Waals surface area contributed by atoms with E-state index >= 15 is 0 Å². The molecule has 2 N–H and O–H groups in total. The molecule has 34 heavy (non-hydrogen) atoms. The van der Waals surface area contributed by atoms with Crippen molar-refractivity contribution < 1.29 is 4.74 Å². The number of methoxy groups -OCH3 is 1. The summed E-state index contributed by atoms with van der Waals surface area (Å²) in [6, 6.07) is 13.5. The zero-order valence-corrected chi connectivity index (χ0v) is 19.7. The lowest BCUT2D eigenvalue weighted by molar-refractivity contribution is 0.413. The van der Waals surface area contributed by atoms with Gasteiger partial charge in [-0.3, -0.25) is 4.68 Å². The van der Waals surface area contributed by atoms with Crippen molar-refractivity contribution in [2.75, 3.05) is 24.8 Å². The van der Waals surface area contributed by atoms with Crippen LogP contribution in [0.3, 0.4) is 0 Å². The van der Waals surface area contributed by atoms with E-state index in [4.69, 9.17) is 16.3 Å². The summed E-state index contributed by atoms with van der Waals surface area (Å²) in [4.78, 5) is 13.5. The molecule has 0 aliphatic rings. The van der Waals surface area contributed by atoms with Crippen LogP contribution in [0.5, 0.6) is 5.75 Å². The Balaban J connectivity index is 1.43. The maximum Gasteiger partial charge on any atom is 0.231 e. The Morgan fingerprint density at radius 1 is 1.06 bits per heavy atom. The van der Waals surface area contributed by atoms with Crippen molar-refractivity contribution in [3.8, 4) is 11.4 Å². The van der Waals surface area contributed by atoms with Crippen molar-refractivity contribution in [3.63, 3.8) is 0 Å². The fraction of sp³-hybridized carbons (Fsp3) is 0.167. The third-order valence-corrected chi connectivity index (χ3v) is 5.60. The van der Waals surface area contributed by atoms with Gasteiger partial charge in [0.15, 0.2) is 5.65 Å². The molecular weight excluding hydrogens is 452 g/mol. The smallest absolute Gasteiger partial charge is 0.231 e. The highest BCUT2D eigenvalue weighted by atomic mass is 35.5. The molecule has 0 radical (unpaired) electrons. The molecule has 172 valence electrons. The summed E-state index contributed by atoms with van der Waals surface area (Å²) in [5, 5.41) is 12.6. The first-order chi connectivity index (χ1) is 16.5. The molecule has 5 rings (SSSR count). The predicted molar refractivity (Wildman–Crippen MR) is 134 cm³/mol. The zero-order valence-electron chi connectivity index (χ0n) is 19.0. The van der Waals surface area contributed by atoms with Gasteiger partial charge in [-0.25, -0.2) is 4.98 Å². The first kappa shape index (κ1) is 21.7. The van der Waals surface area contributed by atoms with E-state index in [9.17, 15) is 0 Å². The average molecular weight is 475 g/mol. The molecule has 0 atom stereocenters. The number of benzene rings is 2. The lowest BCUT2D eigenvalue weighted by Gasteiger charge is -2.12. The van der Waals surface area contributed by atoms with Crippen molar-refractivity contribution in [3.05, 3.63) is 77.5 Å². The van der Waals surface area contributed by atoms with E-state index in [-0.39, 0.29) is 0 Å². The Morgan fingerprint density at radius 2 is 1.88 bits per heavy atom. The second kappa shape index (κ2) is 9.03. The fourth-order valence-electron chi connectivity index (χ4n) is 3.71. The van der Waals surface area contributed by atoms with E-state index in [1.54, 1.807) is 13.4 Å². The Morgan fingerprint density at radius 3 is 2.59 bits per heavy atom. The average Bonchev–Trinajstić information content (AvgIpc) is 3.45. The van der Waals surface area contributed by atoms with Crippen LogP contribution in [-0.4, -0.2) is 43.5 Å². The molecule has 3 heterocycles. The van der Waals surface area contributed by atoms with Crippen molar-refractivity contribution in [2.24, 2.45) is 0 Å². The summed E-state index contributed by atoms with van der Waals surface area (Å²) < 4.78 is 9.37. The van der Waals surface area contributed by atoms with E-state index in [1.165, 1.54) is 0 Å². The van der Waals surface area contributed by atoms with E-state index in [1.807, 2.05) is 78.1 Å². The maximum absolute atomic E-state index is 5.99. The second-order valence-electron chi connectivity index (χ2n) is 7.77. The SMILES string of the molecule is CNc1nc(Nc2ccc(-n3cnc(C)c3)c(OC)c2)nc2nn(Cc3ccc(Cl)cc3)cc12. The molecule has 0 unspecified atom stereocenters. The van der Waals surface area contributed by atoms with Gasteiger partial charge in [0.1, 0.15) is 11.6 Å². The molecule has 0 saturated carbocycles. The molecule has 0 bridgehead atoms. The van der Waals surface area contributed by atoms with Gasteiger partial charge in [0, 0.05) is 36.2 Å². The summed E-state index contributed by atoms with van der Waals surface area (Å²) in [5.41, 5.74) is 4.30. The monoisotopic (exact) mass is 474 g/mol. The molecule has 0 fully saturated rings. The summed E-state index contributed by atoms with van der Waals surface area (Å²) in [6.45, 7) is 2.55. The number of fused-ring (bicyclic) bond motifs is 1. The Hall–Kier alpha value is -4.11. The van der Waals surface area contributed by atoms with Crippen molar-refractivity contribution >= 4 is 40.1 Å². The van der Waals surface area contributed by atoms with Crippen LogP contribution in [0.4, 0.5) is 17.5 Å². The van der Waals surface area contributed by atoms with Gasteiger partial charge in [-0.1, -0.05) is 23.7 Å². The molecule has 9 nitrogen and oxygen atoms in total. The van der Waals surface area contributed by atoms with Crippen LogP contribution in [-0.2, 0) is 6.54 Å². The second-order valence-corrected chi connectivity index (χ2v) is 8.21. The summed E-state index contributed by atoms with van der Waals surface area (Å²) >= 11 is 5.99. The molecule has 0 spiro atoms. The Bertz CT molecular complexity index is 1460. The van der Waals surface area contributed by atoms with Crippen molar-refractivity contribution in [1.29, 1.82) is 0 Å². The number of halogens is 1. The Labute approximate surface area is 201 Å². The third kappa shape index (κ3) is 4.38. The van der Waals surface area contributed by atoms with Crippen molar-refractivity contribution in [2.45, 2.75) is 13.5 Å². The summed E-state index contributed by atoms with van der Waals surface area (Å²) in [6.07, 6.45) is 5.64. The number of nitrogens with zero attached hydrogens (tertiary/aromatic N) is 6. The molecular formula is C24H23ClN8O. The van der Waals surface area contributed by atoms with E-state index in [0.29, 0.717) is 34.7 Å². The minimum Gasteiger partial charge on any atom is -0.494 e.